The van der Waals surface area contributed by atoms with Gasteiger partial charge in [-0.1, -0.05) is 49.7 Å². The van der Waals surface area contributed by atoms with Crippen LogP contribution in [0.4, 0.5) is 5.69 Å². The smallest absolute Gasteiger partial charge is 0.228 e. The first-order chi connectivity index (χ1) is 13.3. The maximum atomic E-state index is 12.9. The van der Waals surface area contributed by atoms with E-state index in [1.165, 1.54) is 0 Å². The molecule has 0 saturated heterocycles. The molecule has 0 aliphatic heterocycles. The molecule has 0 bridgehead atoms. The number of anilines is 1. The summed E-state index contributed by atoms with van der Waals surface area (Å²) < 4.78 is 0. The average molecular weight is 399 g/mol. The van der Waals surface area contributed by atoms with Crippen LogP contribution in [-0.4, -0.2) is 11.8 Å². The van der Waals surface area contributed by atoms with E-state index in [-0.39, 0.29) is 35.6 Å². The number of rotatable bonds is 7. The lowest BCUT2D eigenvalue weighted by molar-refractivity contribution is -0.124. The molecule has 2 atom stereocenters. The Morgan fingerprint density at radius 1 is 0.929 bits per heavy atom. The molecule has 148 valence electrons. The van der Waals surface area contributed by atoms with Crippen molar-refractivity contribution in [2.24, 2.45) is 11.8 Å². The van der Waals surface area contributed by atoms with Gasteiger partial charge in [0.1, 0.15) is 0 Å². The van der Waals surface area contributed by atoms with Crippen LogP contribution in [0.2, 0.25) is 5.02 Å². The van der Waals surface area contributed by atoms with Crippen molar-refractivity contribution in [1.29, 1.82) is 0 Å². The van der Waals surface area contributed by atoms with Crippen LogP contribution in [0.15, 0.2) is 48.5 Å². The van der Waals surface area contributed by atoms with Crippen molar-refractivity contribution >= 4 is 29.1 Å². The van der Waals surface area contributed by atoms with Crippen molar-refractivity contribution in [1.82, 2.24) is 5.32 Å². The Hall–Kier alpha value is -2.33. The first-order valence-corrected chi connectivity index (χ1v) is 10.2. The van der Waals surface area contributed by atoms with Gasteiger partial charge in [-0.05, 0) is 61.1 Å². The summed E-state index contributed by atoms with van der Waals surface area (Å²) in [4.78, 5) is 24.8. The molecule has 0 spiro atoms. The summed E-state index contributed by atoms with van der Waals surface area (Å²) in [6.07, 6.45) is 1.97. The van der Waals surface area contributed by atoms with E-state index in [4.69, 9.17) is 11.6 Å². The zero-order valence-electron chi connectivity index (χ0n) is 16.5. The highest BCUT2D eigenvalue weighted by atomic mass is 35.5. The van der Waals surface area contributed by atoms with Gasteiger partial charge in [0.25, 0.3) is 0 Å². The third-order valence-corrected chi connectivity index (χ3v) is 5.42. The maximum absolute atomic E-state index is 12.9. The third kappa shape index (κ3) is 5.14. The van der Waals surface area contributed by atoms with Crippen LogP contribution in [0.1, 0.15) is 56.7 Å². The van der Waals surface area contributed by atoms with E-state index < -0.39 is 0 Å². The minimum absolute atomic E-state index is 0.00376. The molecule has 3 rings (SSSR count). The highest BCUT2D eigenvalue weighted by Crippen LogP contribution is 2.30. The number of carbonyl (C=O) groups excluding carboxylic acids is 2. The highest BCUT2D eigenvalue weighted by Gasteiger charge is 2.29. The fourth-order valence-electron chi connectivity index (χ4n) is 3.34. The second-order valence-electron chi connectivity index (χ2n) is 7.89. The third-order valence-electron chi connectivity index (χ3n) is 5.16. The Morgan fingerprint density at radius 2 is 1.50 bits per heavy atom. The second kappa shape index (κ2) is 8.78. The summed E-state index contributed by atoms with van der Waals surface area (Å²) in [5, 5.41) is 6.71. The summed E-state index contributed by atoms with van der Waals surface area (Å²) in [5.74, 6) is 0.191. The van der Waals surface area contributed by atoms with Crippen molar-refractivity contribution in [2.75, 3.05) is 5.32 Å². The molecule has 2 aromatic rings. The Labute approximate surface area is 171 Å². The highest BCUT2D eigenvalue weighted by molar-refractivity contribution is 6.30. The molecule has 28 heavy (non-hydrogen) atoms. The molecular formula is C23H27ClN2O2. The summed E-state index contributed by atoms with van der Waals surface area (Å²) in [5.41, 5.74) is 2.75. The molecule has 2 N–H and O–H groups in total. The molecule has 2 unspecified atom stereocenters. The lowest BCUT2D eigenvalue weighted by Gasteiger charge is -2.24. The van der Waals surface area contributed by atoms with Gasteiger partial charge in [-0.25, -0.2) is 0 Å². The van der Waals surface area contributed by atoms with E-state index >= 15 is 0 Å². The van der Waals surface area contributed by atoms with Crippen LogP contribution in [0.5, 0.6) is 0 Å². The van der Waals surface area contributed by atoms with Gasteiger partial charge >= 0.3 is 0 Å². The minimum atomic E-state index is -0.239. The predicted molar refractivity (Wildman–Crippen MR) is 113 cm³/mol. The number of hydrogen-bond acceptors (Lipinski definition) is 2. The van der Waals surface area contributed by atoms with Gasteiger partial charge in [0.2, 0.25) is 11.8 Å². The van der Waals surface area contributed by atoms with Crippen LogP contribution < -0.4 is 10.6 Å². The van der Waals surface area contributed by atoms with Crippen LogP contribution in [0.3, 0.4) is 0 Å². The van der Waals surface area contributed by atoms with Crippen molar-refractivity contribution in [2.45, 2.75) is 45.6 Å². The summed E-state index contributed by atoms with van der Waals surface area (Å²) >= 11 is 5.98. The lowest BCUT2D eigenvalue weighted by atomic mass is 9.87. The standard InChI is InChI=1S/C23H27ClN2O2/c1-14(2)21(17-6-10-19(24)11-7-17)23(28)25-15(3)16-8-12-20(13-9-16)26-22(27)18-4-5-18/h6-15,18,21H,4-5H2,1-3H3,(H,25,28)(H,26,27). The first kappa shape index (κ1) is 20.4. The van der Waals surface area contributed by atoms with Crippen molar-refractivity contribution in [3.05, 3.63) is 64.7 Å². The fraction of sp³-hybridized carbons (Fsp3) is 0.391. The summed E-state index contributed by atoms with van der Waals surface area (Å²) in [6.45, 7) is 6.05. The molecule has 5 heteroatoms. The Morgan fingerprint density at radius 3 is 2.04 bits per heavy atom. The molecule has 1 aliphatic carbocycles. The molecule has 1 fully saturated rings. The zero-order valence-corrected chi connectivity index (χ0v) is 17.3. The molecule has 0 aromatic heterocycles. The van der Waals surface area contributed by atoms with Gasteiger partial charge in [0.05, 0.1) is 12.0 Å². The van der Waals surface area contributed by atoms with Crippen LogP contribution >= 0.6 is 11.6 Å². The molecule has 1 saturated carbocycles. The van der Waals surface area contributed by atoms with E-state index in [1.807, 2.05) is 69.3 Å². The van der Waals surface area contributed by atoms with E-state index in [0.717, 1.165) is 29.7 Å². The summed E-state index contributed by atoms with van der Waals surface area (Å²) in [7, 11) is 0. The quantitative estimate of drug-likeness (QED) is 0.664. The monoisotopic (exact) mass is 398 g/mol. The second-order valence-corrected chi connectivity index (χ2v) is 8.33. The number of hydrogen-bond donors (Lipinski definition) is 2. The van der Waals surface area contributed by atoms with Crippen molar-refractivity contribution in [3.8, 4) is 0 Å². The van der Waals surface area contributed by atoms with E-state index in [0.29, 0.717) is 5.02 Å². The van der Waals surface area contributed by atoms with Crippen LogP contribution in [0, 0.1) is 11.8 Å². The topological polar surface area (TPSA) is 58.2 Å². The van der Waals surface area contributed by atoms with E-state index in [9.17, 15) is 9.59 Å². The first-order valence-electron chi connectivity index (χ1n) is 9.82. The Bertz CT molecular complexity index is 827. The molecule has 0 radical (unpaired) electrons. The fourth-order valence-corrected chi connectivity index (χ4v) is 3.47. The van der Waals surface area contributed by atoms with Gasteiger partial charge < -0.3 is 10.6 Å². The minimum Gasteiger partial charge on any atom is -0.349 e. The largest absolute Gasteiger partial charge is 0.349 e. The van der Waals surface area contributed by atoms with Gasteiger partial charge in [0, 0.05) is 16.6 Å². The molecule has 0 heterocycles. The van der Waals surface area contributed by atoms with Gasteiger partial charge in [-0.2, -0.15) is 0 Å². The number of benzene rings is 2. The molecule has 2 amide bonds. The molecular weight excluding hydrogens is 372 g/mol. The number of halogens is 1. The van der Waals surface area contributed by atoms with Gasteiger partial charge in [-0.3, -0.25) is 9.59 Å². The number of carbonyl (C=O) groups is 2. The SMILES string of the molecule is CC(NC(=O)C(c1ccc(Cl)cc1)C(C)C)c1ccc(NC(=O)C2CC2)cc1. The molecule has 1 aliphatic rings. The average Bonchev–Trinajstić information content (AvgIpc) is 3.49. The van der Waals surface area contributed by atoms with Crippen LogP contribution in [0.25, 0.3) is 0 Å². The number of nitrogens with one attached hydrogen (secondary N) is 2. The van der Waals surface area contributed by atoms with Gasteiger partial charge in [-0.15, -0.1) is 0 Å². The normalized spacial score (nSPS) is 15.8. The Balaban J connectivity index is 1.64. The predicted octanol–water partition coefficient (Wildman–Crippen LogP) is 5.31. The van der Waals surface area contributed by atoms with Crippen molar-refractivity contribution < 1.29 is 9.59 Å². The van der Waals surface area contributed by atoms with Crippen molar-refractivity contribution in [3.63, 3.8) is 0 Å². The van der Waals surface area contributed by atoms with E-state index in [2.05, 4.69) is 10.6 Å². The molecule has 4 nitrogen and oxygen atoms in total. The van der Waals surface area contributed by atoms with E-state index in [1.54, 1.807) is 0 Å². The van der Waals surface area contributed by atoms with Gasteiger partial charge in [0.15, 0.2) is 0 Å². The van der Waals surface area contributed by atoms with Crippen LogP contribution in [-0.2, 0) is 9.59 Å². The Kier molecular flexibility index (Phi) is 6.40. The number of amides is 2. The lowest BCUT2D eigenvalue weighted by Crippen LogP contribution is -2.34. The molecule has 2 aromatic carbocycles. The maximum Gasteiger partial charge on any atom is 0.228 e. The zero-order chi connectivity index (χ0) is 20.3. The summed E-state index contributed by atoms with van der Waals surface area (Å²) in [6, 6.07) is 15.0.